The highest BCUT2D eigenvalue weighted by atomic mass is 32.2. The molecule has 1 aromatic rings. The molecule has 114 valence electrons. The fourth-order valence-electron chi connectivity index (χ4n) is 3.44. The first-order valence-electron chi connectivity index (χ1n) is 8.24. The molecule has 3 heteroatoms. The van der Waals surface area contributed by atoms with Gasteiger partial charge in [-0.05, 0) is 37.8 Å². The summed E-state index contributed by atoms with van der Waals surface area (Å²) >= 11 is 1.96. The third kappa shape index (κ3) is 3.45. The number of amides is 1. The van der Waals surface area contributed by atoms with E-state index in [0.717, 1.165) is 12.8 Å². The van der Waals surface area contributed by atoms with E-state index < -0.39 is 0 Å². The van der Waals surface area contributed by atoms with Crippen LogP contribution in [0.1, 0.15) is 44.9 Å². The first kappa shape index (κ1) is 15.0. The van der Waals surface area contributed by atoms with E-state index in [2.05, 4.69) is 35.2 Å². The lowest BCUT2D eigenvalue weighted by atomic mass is 9.83. The lowest BCUT2D eigenvalue weighted by Crippen LogP contribution is -2.48. The van der Waals surface area contributed by atoms with Gasteiger partial charge in [0.1, 0.15) is 0 Å². The van der Waals surface area contributed by atoms with Gasteiger partial charge in [0.15, 0.2) is 0 Å². The molecule has 0 aliphatic heterocycles. The third-order valence-corrected chi connectivity index (χ3v) is 6.39. The van der Waals surface area contributed by atoms with Crippen LogP contribution in [0.2, 0.25) is 0 Å². The van der Waals surface area contributed by atoms with Crippen LogP contribution in [0, 0.1) is 5.92 Å². The molecule has 2 atom stereocenters. The minimum atomic E-state index is 0.319. The Hall–Kier alpha value is -0.960. The SMILES string of the molecule is CN(C(=O)C1CCC1)C1CCCCC1Sc1ccccc1. The molecular formula is C18H25NOS. The largest absolute Gasteiger partial charge is 0.341 e. The lowest BCUT2D eigenvalue weighted by Gasteiger charge is -2.40. The average Bonchev–Trinajstić information content (AvgIpc) is 2.46. The predicted molar refractivity (Wildman–Crippen MR) is 88.5 cm³/mol. The van der Waals surface area contributed by atoms with E-state index in [9.17, 15) is 4.79 Å². The Morgan fingerprint density at radius 1 is 1.05 bits per heavy atom. The molecule has 2 aliphatic rings. The van der Waals surface area contributed by atoms with Gasteiger partial charge >= 0.3 is 0 Å². The van der Waals surface area contributed by atoms with Crippen LogP contribution in [-0.2, 0) is 4.79 Å². The number of benzene rings is 1. The predicted octanol–water partition coefficient (Wildman–Crippen LogP) is 4.35. The van der Waals surface area contributed by atoms with Crippen molar-refractivity contribution in [1.29, 1.82) is 0 Å². The van der Waals surface area contributed by atoms with Crippen molar-refractivity contribution in [2.45, 2.75) is 61.1 Å². The second-order valence-corrected chi connectivity index (χ2v) is 7.71. The zero-order chi connectivity index (χ0) is 14.7. The summed E-state index contributed by atoms with van der Waals surface area (Å²) in [6.45, 7) is 0. The normalized spacial score (nSPS) is 26.1. The van der Waals surface area contributed by atoms with Crippen molar-refractivity contribution in [3.8, 4) is 0 Å². The standard InChI is InChI=1S/C18H25NOS/c1-19(18(20)14-8-7-9-14)16-12-5-6-13-17(16)21-15-10-3-2-4-11-15/h2-4,10-11,14,16-17H,5-9,12-13H2,1H3. The van der Waals surface area contributed by atoms with E-state index in [1.54, 1.807) is 0 Å². The number of thioether (sulfide) groups is 1. The first-order chi connectivity index (χ1) is 10.3. The molecule has 0 heterocycles. The van der Waals surface area contributed by atoms with Crippen LogP contribution in [0.25, 0.3) is 0 Å². The van der Waals surface area contributed by atoms with Gasteiger partial charge in [-0.3, -0.25) is 4.79 Å². The topological polar surface area (TPSA) is 20.3 Å². The minimum absolute atomic E-state index is 0.319. The second kappa shape index (κ2) is 6.87. The second-order valence-electron chi connectivity index (χ2n) is 6.40. The summed E-state index contributed by atoms with van der Waals surface area (Å²) in [5.74, 6) is 0.714. The third-order valence-electron chi connectivity index (χ3n) is 5.00. The van der Waals surface area contributed by atoms with Crippen molar-refractivity contribution >= 4 is 17.7 Å². The van der Waals surface area contributed by atoms with Gasteiger partial charge < -0.3 is 4.90 Å². The highest BCUT2D eigenvalue weighted by Gasteiger charge is 2.35. The van der Waals surface area contributed by atoms with Crippen LogP contribution < -0.4 is 0 Å². The molecule has 0 N–H and O–H groups in total. The van der Waals surface area contributed by atoms with Crippen molar-refractivity contribution < 1.29 is 4.79 Å². The van der Waals surface area contributed by atoms with Gasteiger partial charge in [-0.1, -0.05) is 37.5 Å². The van der Waals surface area contributed by atoms with Crippen molar-refractivity contribution in [2.24, 2.45) is 5.92 Å². The molecule has 1 amide bonds. The molecule has 2 aliphatic carbocycles. The molecular weight excluding hydrogens is 278 g/mol. The Morgan fingerprint density at radius 2 is 1.76 bits per heavy atom. The number of rotatable bonds is 4. The molecule has 0 bridgehead atoms. The van der Waals surface area contributed by atoms with Crippen LogP contribution in [0.15, 0.2) is 35.2 Å². The zero-order valence-electron chi connectivity index (χ0n) is 12.8. The molecule has 21 heavy (non-hydrogen) atoms. The average molecular weight is 303 g/mol. The molecule has 0 spiro atoms. The monoisotopic (exact) mass is 303 g/mol. The maximum Gasteiger partial charge on any atom is 0.225 e. The van der Waals surface area contributed by atoms with E-state index in [0.29, 0.717) is 23.1 Å². The molecule has 2 unspecified atom stereocenters. The van der Waals surface area contributed by atoms with Gasteiger partial charge in [-0.15, -0.1) is 11.8 Å². The van der Waals surface area contributed by atoms with Crippen molar-refractivity contribution in [3.05, 3.63) is 30.3 Å². The summed E-state index contributed by atoms with van der Waals surface area (Å²) < 4.78 is 0. The molecule has 2 saturated carbocycles. The van der Waals surface area contributed by atoms with Gasteiger partial charge in [-0.25, -0.2) is 0 Å². The Morgan fingerprint density at radius 3 is 2.43 bits per heavy atom. The van der Waals surface area contributed by atoms with Gasteiger partial charge in [0.05, 0.1) is 0 Å². The number of nitrogens with zero attached hydrogens (tertiary/aromatic N) is 1. The summed E-state index contributed by atoms with van der Waals surface area (Å²) in [5, 5.41) is 0.551. The van der Waals surface area contributed by atoms with E-state index in [-0.39, 0.29) is 0 Å². The minimum Gasteiger partial charge on any atom is -0.341 e. The van der Waals surface area contributed by atoms with E-state index in [1.807, 2.05) is 18.8 Å². The van der Waals surface area contributed by atoms with Crippen molar-refractivity contribution in [3.63, 3.8) is 0 Å². The maximum absolute atomic E-state index is 12.5. The van der Waals surface area contributed by atoms with Gasteiger partial charge in [0, 0.05) is 29.2 Å². The maximum atomic E-state index is 12.5. The first-order valence-corrected chi connectivity index (χ1v) is 9.12. The number of hydrogen-bond donors (Lipinski definition) is 0. The number of carbonyl (C=O) groups is 1. The highest BCUT2D eigenvalue weighted by Crippen LogP contribution is 2.37. The summed E-state index contributed by atoms with van der Waals surface area (Å²) in [4.78, 5) is 16.0. The van der Waals surface area contributed by atoms with Crippen LogP contribution in [0.5, 0.6) is 0 Å². The molecule has 1 aromatic carbocycles. The number of carbonyl (C=O) groups excluding carboxylic acids is 1. The Kier molecular flexibility index (Phi) is 4.89. The molecule has 0 aromatic heterocycles. The van der Waals surface area contributed by atoms with Crippen molar-refractivity contribution in [1.82, 2.24) is 4.90 Å². The molecule has 0 saturated heterocycles. The summed E-state index contributed by atoms with van der Waals surface area (Å²) in [6.07, 6.45) is 8.40. The smallest absolute Gasteiger partial charge is 0.225 e. The van der Waals surface area contributed by atoms with Crippen LogP contribution in [-0.4, -0.2) is 29.1 Å². The Bertz CT molecular complexity index is 471. The number of hydrogen-bond acceptors (Lipinski definition) is 2. The fraction of sp³-hybridized carbons (Fsp3) is 0.611. The van der Waals surface area contributed by atoms with Crippen LogP contribution >= 0.6 is 11.8 Å². The van der Waals surface area contributed by atoms with Gasteiger partial charge in [-0.2, -0.15) is 0 Å². The van der Waals surface area contributed by atoms with E-state index in [1.165, 1.54) is 37.0 Å². The molecule has 3 rings (SSSR count). The Balaban J connectivity index is 1.67. The van der Waals surface area contributed by atoms with Crippen LogP contribution in [0.3, 0.4) is 0 Å². The summed E-state index contributed by atoms with van der Waals surface area (Å²) in [5.41, 5.74) is 0. The Labute approximate surface area is 132 Å². The van der Waals surface area contributed by atoms with Crippen LogP contribution in [0.4, 0.5) is 0 Å². The van der Waals surface area contributed by atoms with Gasteiger partial charge in [0.2, 0.25) is 5.91 Å². The summed E-state index contributed by atoms with van der Waals surface area (Å²) in [6, 6.07) is 11.0. The van der Waals surface area contributed by atoms with E-state index in [4.69, 9.17) is 0 Å². The van der Waals surface area contributed by atoms with Crippen molar-refractivity contribution in [2.75, 3.05) is 7.05 Å². The van der Waals surface area contributed by atoms with E-state index >= 15 is 0 Å². The zero-order valence-corrected chi connectivity index (χ0v) is 13.6. The fourth-order valence-corrected chi connectivity index (χ4v) is 4.86. The quantitative estimate of drug-likeness (QED) is 0.824. The highest BCUT2D eigenvalue weighted by molar-refractivity contribution is 8.00. The molecule has 2 nitrogen and oxygen atoms in total. The van der Waals surface area contributed by atoms with Gasteiger partial charge in [0.25, 0.3) is 0 Å². The molecule has 0 radical (unpaired) electrons. The molecule has 2 fully saturated rings. The summed E-state index contributed by atoms with van der Waals surface area (Å²) in [7, 11) is 2.04. The lowest BCUT2D eigenvalue weighted by molar-refractivity contribution is -0.139.